The summed E-state index contributed by atoms with van der Waals surface area (Å²) in [6.07, 6.45) is 1.55. The number of anilines is 1. The van der Waals surface area contributed by atoms with Crippen molar-refractivity contribution in [3.05, 3.63) is 80.9 Å². The van der Waals surface area contributed by atoms with E-state index in [4.69, 9.17) is 19.9 Å². The first-order valence-electron chi connectivity index (χ1n) is 11.0. The number of nitro benzene ring substituents is 1. The van der Waals surface area contributed by atoms with Crippen LogP contribution in [-0.4, -0.2) is 30.3 Å². The number of nitro groups is 1. The molecule has 2 aromatic rings. The highest BCUT2D eigenvalue weighted by Gasteiger charge is 2.38. The van der Waals surface area contributed by atoms with Crippen molar-refractivity contribution in [3.8, 4) is 17.6 Å². The zero-order valence-electron chi connectivity index (χ0n) is 19.3. The number of hydrogen-bond acceptors (Lipinski definition) is 9. The molecule has 0 spiro atoms. The maximum atomic E-state index is 12.7. The Labute approximate surface area is 205 Å². The average Bonchev–Trinajstić information content (AvgIpc) is 2.87. The van der Waals surface area contributed by atoms with Gasteiger partial charge in [0.25, 0.3) is 11.6 Å². The predicted molar refractivity (Wildman–Crippen MR) is 127 cm³/mol. The van der Waals surface area contributed by atoms with Crippen LogP contribution in [0.1, 0.15) is 30.7 Å². The molecule has 36 heavy (non-hydrogen) atoms. The van der Waals surface area contributed by atoms with Crippen LogP contribution < -0.4 is 20.5 Å². The lowest BCUT2D eigenvalue weighted by Crippen LogP contribution is -2.27. The van der Waals surface area contributed by atoms with E-state index in [1.165, 1.54) is 31.4 Å². The van der Waals surface area contributed by atoms with E-state index < -0.39 is 16.7 Å². The van der Waals surface area contributed by atoms with Gasteiger partial charge >= 0.3 is 0 Å². The molecule has 184 valence electrons. The number of allylic oxidation sites excluding steroid dienone is 3. The van der Waals surface area contributed by atoms with Crippen LogP contribution in [0.5, 0.6) is 11.5 Å². The Balaban J connectivity index is 1.54. The number of nitrogens with two attached hydrogens (primary N) is 1. The number of methoxy groups -OCH3 is 1. The molecule has 1 heterocycles. The molecule has 11 heteroatoms. The van der Waals surface area contributed by atoms with Gasteiger partial charge in [0.1, 0.15) is 17.4 Å². The highest BCUT2D eigenvalue weighted by atomic mass is 16.6. The standard InChI is InChI=1S/C25H22N4O7/c1-34-21-10-14(23-17(12-26)25(27)36-20-7-3-6-18(30)24(20)23)8-9-19(21)35-13-22(31)28-15-4-2-5-16(11-15)29(32)33/h2,4-5,8-11,23H,3,6-7,13,27H2,1H3,(H,28,31)/t23-/m0/s1. The molecule has 0 fully saturated rings. The minimum absolute atomic E-state index is 0.0342. The topological polar surface area (TPSA) is 167 Å². The Hall–Kier alpha value is -4.85. The predicted octanol–water partition coefficient (Wildman–Crippen LogP) is 3.44. The summed E-state index contributed by atoms with van der Waals surface area (Å²) in [4.78, 5) is 35.4. The van der Waals surface area contributed by atoms with Crippen molar-refractivity contribution < 1.29 is 28.7 Å². The molecule has 0 unspecified atom stereocenters. The van der Waals surface area contributed by atoms with Gasteiger partial charge in [-0.1, -0.05) is 12.1 Å². The highest BCUT2D eigenvalue weighted by Crippen LogP contribution is 2.45. The number of ketones is 1. The number of rotatable bonds is 7. The van der Waals surface area contributed by atoms with E-state index in [-0.39, 0.29) is 46.7 Å². The number of nitrogens with zero attached hydrogens (tertiary/aromatic N) is 2. The average molecular weight is 490 g/mol. The first-order valence-corrected chi connectivity index (χ1v) is 11.0. The molecule has 1 atom stereocenters. The largest absolute Gasteiger partial charge is 0.493 e. The number of Topliss-reactive ketones (excluding diaryl/α,β-unsaturated/α-hetero) is 1. The Morgan fingerprint density at radius 2 is 2.08 bits per heavy atom. The zero-order valence-corrected chi connectivity index (χ0v) is 19.3. The second-order valence-electron chi connectivity index (χ2n) is 8.09. The molecule has 0 saturated heterocycles. The molecule has 1 aliphatic heterocycles. The van der Waals surface area contributed by atoms with E-state index in [1.807, 2.05) is 0 Å². The number of amides is 1. The number of nitrogens with one attached hydrogen (secondary N) is 1. The van der Waals surface area contributed by atoms with Crippen molar-refractivity contribution in [3.63, 3.8) is 0 Å². The fourth-order valence-electron chi connectivity index (χ4n) is 4.21. The summed E-state index contributed by atoms with van der Waals surface area (Å²) in [5.41, 5.74) is 7.24. The number of ether oxygens (including phenoxy) is 3. The number of benzene rings is 2. The van der Waals surface area contributed by atoms with Gasteiger partial charge in [-0.3, -0.25) is 19.7 Å². The maximum Gasteiger partial charge on any atom is 0.271 e. The zero-order chi connectivity index (χ0) is 25.8. The molecule has 4 rings (SSSR count). The number of nitriles is 1. The van der Waals surface area contributed by atoms with Gasteiger partial charge in [-0.05, 0) is 30.2 Å². The van der Waals surface area contributed by atoms with E-state index in [9.17, 15) is 25.0 Å². The summed E-state index contributed by atoms with van der Waals surface area (Å²) >= 11 is 0. The monoisotopic (exact) mass is 490 g/mol. The van der Waals surface area contributed by atoms with Gasteiger partial charge in [-0.25, -0.2) is 0 Å². The highest BCUT2D eigenvalue weighted by molar-refractivity contribution is 5.99. The van der Waals surface area contributed by atoms with Crippen LogP contribution >= 0.6 is 0 Å². The van der Waals surface area contributed by atoms with Gasteiger partial charge < -0.3 is 25.3 Å². The maximum absolute atomic E-state index is 12.7. The minimum Gasteiger partial charge on any atom is -0.493 e. The van der Waals surface area contributed by atoms with Crippen molar-refractivity contribution in [2.45, 2.75) is 25.2 Å². The first kappa shape index (κ1) is 24.3. The van der Waals surface area contributed by atoms with Crippen LogP contribution in [0, 0.1) is 21.4 Å². The molecule has 1 aliphatic carbocycles. The van der Waals surface area contributed by atoms with E-state index in [0.717, 1.165) is 0 Å². The fourth-order valence-corrected chi connectivity index (χ4v) is 4.21. The molecular formula is C25H22N4O7. The number of carbonyl (C=O) groups excluding carboxylic acids is 2. The molecule has 11 nitrogen and oxygen atoms in total. The van der Waals surface area contributed by atoms with E-state index in [0.29, 0.717) is 36.2 Å². The third-order valence-corrected chi connectivity index (χ3v) is 5.83. The van der Waals surface area contributed by atoms with Gasteiger partial charge in [0, 0.05) is 36.2 Å². The molecule has 2 aliphatic rings. The molecule has 0 aromatic heterocycles. The molecule has 3 N–H and O–H groups in total. The Kier molecular flexibility index (Phi) is 6.87. The van der Waals surface area contributed by atoms with E-state index in [2.05, 4.69) is 11.4 Å². The van der Waals surface area contributed by atoms with Crippen molar-refractivity contribution >= 4 is 23.1 Å². The normalized spacial score (nSPS) is 17.0. The lowest BCUT2D eigenvalue weighted by atomic mass is 9.77. The third-order valence-electron chi connectivity index (χ3n) is 5.83. The van der Waals surface area contributed by atoms with Crippen LogP contribution in [0.25, 0.3) is 0 Å². The van der Waals surface area contributed by atoms with Gasteiger partial charge in [0.05, 0.1) is 18.0 Å². The summed E-state index contributed by atoms with van der Waals surface area (Å²) in [6, 6.07) is 12.5. The number of hydrogen-bond donors (Lipinski definition) is 2. The molecule has 1 amide bonds. The van der Waals surface area contributed by atoms with Crippen molar-refractivity contribution in [1.82, 2.24) is 0 Å². The van der Waals surface area contributed by atoms with Gasteiger partial charge in [-0.2, -0.15) is 5.26 Å². The molecular weight excluding hydrogens is 468 g/mol. The van der Waals surface area contributed by atoms with Gasteiger partial charge in [-0.15, -0.1) is 0 Å². The van der Waals surface area contributed by atoms with E-state index >= 15 is 0 Å². The number of carbonyl (C=O) groups is 2. The summed E-state index contributed by atoms with van der Waals surface area (Å²) in [7, 11) is 1.42. The Morgan fingerprint density at radius 1 is 1.28 bits per heavy atom. The smallest absolute Gasteiger partial charge is 0.271 e. The summed E-state index contributed by atoms with van der Waals surface area (Å²) in [6.45, 7) is -0.389. The van der Waals surface area contributed by atoms with Crippen molar-refractivity contribution in [1.29, 1.82) is 5.26 Å². The number of non-ortho nitro benzene ring substituents is 1. The summed E-state index contributed by atoms with van der Waals surface area (Å²) in [5.74, 6) is -0.357. The summed E-state index contributed by atoms with van der Waals surface area (Å²) < 4.78 is 16.6. The SMILES string of the molecule is COc1cc([C@H]2C(C#N)=C(N)OC3=C2C(=O)CCC3)ccc1OCC(=O)Nc1cccc([N+](=O)[O-])c1. The lowest BCUT2D eigenvalue weighted by molar-refractivity contribution is -0.384. The quantitative estimate of drug-likeness (QED) is 0.436. The van der Waals surface area contributed by atoms with Crippen molar-refractivity contribution in [2.24, 2.45) is 5.73 Å². The minimum atomic E-state index is -0.702. The van der Waals surface area contributed by atoms with Crippen LogP contribution in [0.2, 0.25) is 0 Å². The van der Waals surface area contributed by atoms with Gasteiger partial charge in [0.2, 0.25) is 5.88 Å². The molecule has 0 bridgehead atoms. The Morgan fingerprint density at radius 3 is 2.81 bits per heavy atom. The van der Waals surface area contributed by atoms with Crippen LogP contribution in [0.15, 0.2) is 65.3 Å². The molecule has 2 aromatic carbocycles. The third kappa shape index (κ3) is 4.83. The second kappa shape index (κ2) is 10.2. The molecule has 0 saturated carbocycles. The van der Waals surface area contributed by atoms with Crippen molar-refractivity contribution in [2.75, 3.05) is 19.0 Å². The van der Waals surface area contributed by atoms with Gasteiger partial charge in [0.15, 0.2) is 23.9 Å². The van der Waals surface area contributed by atoms with E-state index in [1.54, 1.807) is 18.2 Å². The second-order valence-corrected chi connectivity index (χ2v) is 8.09. The lowest BCUT2D eigenvalue weighted by Gasteiger charge is -2.31. The molecule has 0 radical (unpaired) electrons. The van der Waals surface area contributed by atoms with Crippen LogP contribution in [0.4, 0.5) is 11.4 Å². The Bertz CT molecular complexity index is 1360. The fraction of sp³-hybridized carbons (Fsp3) is 0.240. The first-order chi connectivity index (χ1) is 17.3. The van der Waals surface area contributed by atoms with Crippen LogP contribution in [0.3, 0.4) is 0 Å². The van der Waals surface area contributed by atoms with Crippen LogP contribution in [-0.2, 0) is 14.3 Å². The summed E-state index contributed by atoms with van der Waals surface area (Å²) in [5, 5.41) is 23.2.